The van der Waals surface area contributed by atoms with Crippen LogP contribution in [0.25, 0.3) is 0 Å². The summed E-state index contributed by atoms with van der Waals surface area (Å²) in [5.41, 5.74) is 2.58. The second-order valence-electron chi connectivity index (χ2n) is 5.54. The fraction of sp³-hybridized carbons (Fsp3) is 0.600. The first-order valence-corrected chi connectivity index (χ1v) is 6.92. The van der Waals surface area contributed by atoms with Gasteiger partial charge in [-0.15, -0.1) is 0 Å². The highest BCUT2D eigenvalue weighted by molar-refractivity contribution is 5.39. The molecule has 1 saturated carbocycles. The second-order valence-corrected chi connectivity index (χ2v) is 5.54. The van der Waals surface area contributed by atoms with E-state index in [1.54, 1.807) is 0 Å². The van der Waals surface area contributed by atoms with Gasteiger partial charge in [-0.25, -0.2) is 0 Å². The van der Waals surface area contributed by atoms with Crippen molar-refractivity contribution < 1.29 is 9.84 Å². The van der Waals surface area contributed by atoms with Crippen molar-refractivity contribution >= 4 is 0 Å². The van der Waals surface area contributed by atoms with Gasteiger partial charge < -0.3 is 15.2 Å². The van der Waals surface area contributed by atoms with Crippen LogP contribution in [0.4, 0.5) is 0 Å². The lowest BCUT2D eigenvalue weighted by molar-refractivity contribution is 0.163. The van der Waals surface area contributed by atoms with Gasteiger partial charge in [0.1, 0.15) is 5.75 Å². The molecule has 0 saturated heterocycles. The van der Waals surface area contributed by atoms with Crippen LogP contribution in [0.2, 0.25) is 0 Å². The quantitative estimate of drug-likeness (QED) is 0.855. The van der Waals surface area contributed by atoms with Crippen LogP contribution in [0.15, 0.2) is 18.2 Å². The molecule has 0 radical (unpaired) electrons. The van der Waals surface area contributed by atoms with E-state index in [9.17, 15) is 5.11 Å². The molecule has 2 N–H and O–H groups in total. The standard InChI is InChI=1S/C15H21NO2/c17-11-15(6-1-2-7-15)16-10-12-3-4-14-13(9-12)5-8-18-14/h3-4,9,16-17H,1-2,5-8,10-11H2. The molecule has 3 rings (SSSR count). The Morgan fingerprint density at radius 3 is 2.89 bits per heavy atom. The molecule has 1 aliphatic heterocycles. The van der Waals surface area contributed by atoms with Crippen LogP contribution >= 0.6 is 0 Å². The largest absolute Gasteiger partial charge is 0.493 e. The molecule has 1 heterocycles. The topological polar surface area (TPSA) is 41.5 Å². The number of aliphatic hydroxyl groups excluding tert-OH is 1. The molecule has 0 amide bonds. The van der Waals surface area contributed by atoms with E-state index in [1.807, 2.05) is 0 Å². The van der Waals surface area contributed by atoms with Gasteiger partial charge in [0.2, 0.25) is 0 Å². The minimum absolute atomic E-state index is 0.0322. The average Bonchev–Trinajstić information content (AvgIpc) is 3.05. The van der Waals surface area contributed by atoms with E-state index < -0.39 is 0 Å². The third-order valence-electron chi connectivity index (χ3n) is 4.28. The van der Waals surface area contributed by atoms with Crippen molar-refractivity contribution in [2.75, 3.05) is 13.2 Å². The molecule has 0 aromatic heterocycles. The Hall–Kier alpha value is -1.06. The van der Waals surface area contributed by atoms with E-state index >= 15 is 0 Å². The van der Waals surface area contributed by atoms with Gasteiger partial charge in [-0.1, -0.05) is 25.0 Å². The number of fused-ring (bicyclic) bond motifs is 1. The van der Waals surface area contributed by atoms with Gasteiger partial charge in [-0.2, -0.15) is 0 Å². The minimum atomic E-state index is -0.0322. The van der Waals surface area contributed by atoms with E-state index in [4.69, 9.17) is 4.74 Å². The van der Waals surface area contributed by atoms with Gasteiger partial charge >= 0.3 is 0 Å². The monoisotopic (exact) mass is 247 g/mol. The van der Waals surface area contributed by atoms with E-state index in [1.165, 1.54) is 24.0 Å². The third-order valence-corrected chi connectivity index (χ3v) is 4.28. The Morgan fingerprint density at radius 2 is 2.11 bits per heavy atom. The summed E-state index contributed by atoms with van der Waals surface area (Å²) in [6.45, 7) is 1.90. The molecule has 1 aromatic carbocycles. The number of hydrogen-bond donors (Lipinski definition) is 2. The molecule has 98 valence electrons. The zero-order valence-electron chi connectivity index (χ0n) is 10.7. The number of ether oxygens (including phenoxy) is 1. The van der Waals surface area contributed by atoms with Crippen LogP contribution in [-0.4, -0.2) is 23.9 Å². The summed E-state index contributed by atoms with van der Waals surface area (Å²) >= 11 is 0. The van der Waals surface area contributed by atoms with Gasteiger partial charge in [0, 0.05) is 18.5 Å². The predicted octanol–water partition coefficient (Wildman–Crippen LogP) is 2.02. The van der Waals surface area contributed by atoms with E-state index in [0.29, 0.717) is 0 Å². The number of hydrogen-bond acceptors (Lipinski definition) is 3. The fourth-order valence-electron chi connectivity index (χ4n) is 3.08. The van der Waals surface area contributed by atoms with Crippen LogP contribution in [-0.2, 0) is 13.0 Å². The maximum absolute atomic E-state index is 9.57. The van der Waals surface area contributed by atoms with Crippen LogP contribution in [0.5, 0.6) is 5.75 Å². The van der Waals surface area contributed by atoms with E-state index in [2.05, 4.69) is 23.5 Å². The number of nitrogens with one attached hydrogen (secondary N) is 1. The van der Waals surface area contributed by atoms with Crippen molar-refractivity contribution in [3.63, 3.8) is 0 Å². The first kappa shape index (κ1) is 12.0. The molecule has 2 aliphatic rings. The number of benzene rings is 1. The Bertz CT molecular complexity index is 425. The molecule has 3 nitrogen and oxygen atoms in total. The maximum Gasteiger partial charge on any atom is 0.122 e. The first-order chi connectivity index (χ1) is 8.81. The van der Waals surface area contributed by atoms with E-state index in [-0.39, 0.29) is 12.1 Å². The maximum atomic E-state index is 9.57. The molecule has 1 fully saturated rings. The lowest BCUT2D eigenvalue weighted by Crippen LogP contribution is -2.45. The SMILES string of the molecule is OCC1(NCc2ccc3c(c2)CCO3)CCCC1. The fourth-order valence-corrected chi connectivity index (χ4v) is 3.08. The minimum Gasteiger partial charge on any atom is -0.493 e. The summed E-state index contributed by atoms with van der Waals surface area (Å²) in [7, 11) is 0. The molecule has 0 unspecified atom stereocenters. The van der Waals surface area contributed by atoms with E-state index in [0.717, 1.165) is 38.2 Å². The zero-order valence-corrected chi connectivity index (χ0v) is 10.7. The van der Waals surface area contributed by atoms with Crippen LogP contribution in [0.1, 0.15) is 36.8 Å². The number of aliphatic hydroxyl groups is 1. The first-order valence-electron chi connectivity index (χ1n) is 6.92. The van der Waals surface area contributed by atoms with Crippen molar-refractivity contribution in [2.45, 2.75) is 44.2 Å². The Labute approximate surface area is 108 Å². The smallest absolute Gasteiger partial charge is 0.122 e. The number of rotatable bonds is 4. The molecule has 0 bridgehead atoms. The van der Waals surface area contributed by atoms with Crippen molar-refractivity contribution in [1.29, 1.82) is 0 Å². The normalized spacial score (nSPS) is 20.7. The molecule has 1 aromatic rings. The Balaban J connectivity index is 1.66. The van der Waals surface area contributed by atoms with Gasteiger partial charge in [-0.3, -0.25) is 0 Å². The predicted molar refractivity (Wildman–Crippen MR) is 70.8 cm³/mol. The summed E-state index contributed by atoms with van der Waals surface area (Å²) in [6, 6.07) is 6.42. The average molecular weight is 247 g/mol. The van der Waals surface area contributed by atoms with Crippen molar-refractivity contribution in [3.8, 4) is 5.75 Å². The van der Waals surface area contributed by atoms with Crippen LogP contribution in [0, 0.1) is 0 Å². The summed E-state index contributed by atoms with van der Waals surface area (Å²) in [4.78, 5) is 0. The Morgan fingerprint density at radius 1 is 1.28 bits per heavy atom. The van der Waals surface area contributed by atoms with Gasteiger partial charge in [-0.05, 0) is 30.0 Å². The summed E-state index contributed by atoms with van der Waals surface area (Å²) in [5, 5.41) is 13.1. The molecule has 0 atom stereocenters. The lowest BCUT2D eigenvalue weighted by Gasteiger charge is -2.28. The third kappa shape index (κ3) is 2.25. The zero-order chi connectivity index (χ0) is 12.4. The van der Waals surface area contributed by atoms with Crippen LogP contribution < -0.4 is 10.1 Å². The Kier molecular flexibility index (Phi) is 3.27. The van der Waals surface area contributed by atoms with Gasteiger partial charge in [0.05, 0.1) is 13.2 Å². The molecule has 0 spiro atoms. The molecule has 18 heavy (non-hydrogen) atoms. The van der Waals surface area contributed by atoms with Crippen LogP contribution in [0.3, 0.4) is 0 Å². The highest BCUT2D eigenvalue weighted by atomic mass is 16.5. The molecular weight excluding hydrogens is 226 g/mol. The second kappa shape index (κ2) is 4.90. The highest BCUT2D eigenvalue weighted by Gasteiger charge is 2.32. The summed E-state index contributed by atoms with van der Waals surface area (Å²) in [6.07, 6.45) is 5.67. The van der Waals surface area contributed by atoms with Gasteiger partial charge in [0.15, 0.2) is 0 Å². The lowest BCUT2D eigenvalue weighted by atomic mass is 9.98. The molecular formula is C15H21NO2. The molecule has 3 heteroatoms. The summed E-state index contributed by atoms with van der Waals surface area (Å²) in [5.74, 6) is 1.04. The molecule has 1 aliphatic carbocycles. The van der Waals surface area contributed by atoms with Crippen molar-refractivity contribution in [2.24, 2.45) is 0 Å². The van der Waals surface area contributed by atoms with Gasteiger partial charge in [0.25, 0.3) is 0 Å². The van der Waals surface area contributed by atoms with Crippen molar-refractivity contribution in [1.82, 2.24) is 5.32 Å². The van der Waals surface area contributed by atoms with Crippen molar-refractivity contribution in [3.05, 3.63) is 29.3 Å². The highest BCUT2D eigenvalue weighted by Crippen LogP contribution is 2.30. The summed E-state index contributed by atoms with van der Waals surface area (Å²) < 4.78 is 5.51.